The molecule has 0 N–H and O–H groups in total. The number of nitrogens with zero attached hydrogens (tertiary/aromatic N) is 1. The van der Waals surface area contributed by atoms with Crippen molar-refractivity contribution in [3.63, 3.8) is 0 Å². The van der Waals surface area contributed by atoms with Gasteiger partial charge in [0.25, 0.3) is 5.91 Å². The van der Waals surface area contributed by atoms with E-state index in [9.17, 15) is 4.79 Å². The maximum atomic E-state index is 11.6. The van der Waals surface area contributed by atoms with Crippen LogP contribution < -0.4 is 0 Å². The Morgan fingerprint density at radius 2 is 2.33 bits per heavy atom. The van der Waals surface area contributed by atoms with Crippen molar-refractivity contribution in [2.75, 3.05) is 26.4 Å². The molecule has 2 fully saturated rings. The average Bonchev–Trinajstić information content (AvgIpc) is 2.77. The van der Waals surface area contributed by atoms with E-state index in [0.717, 1.165) is 19.4 Å². The third-order valence-corrected chi connectivity index (χ3v) is 2.28. The molecule has 1 amide bonds. The molecule has 2 aliphatic heterocycles. The molecule has 0 saturated carbocycles. The number of carbonyl (C=O) groups excluding carboxylic acids is 1. The van der Waals surface area contributed by atoms with E-state index in [0.29, 0.717) is 19.8 Å². The summed E-state index contributed by atoms with van der Waals surface area (Å²) >= 11 is 0. The van der Waals surface area contributed by atoms with Crippen LogP contribution in [-0.4, -0.2) is 37.3 Å². The first-order chi connectivity index (χ1) is 5.88. The molecule has 0 radical (unpaired) electrons. The summed E-state index contributed by atoms with van der Waals surface area (Å²) in [5.74, 6) is 0.146. The monoisotopic (exact) mass is 171 g/mol. The SMILES string of the molecule is O=C(C1CCOC1)N1CCCO1. The highest BCUT2D eigenvalue weighted by Crippen LogP contribution is 2.17. The van der Waals surface area contributed by atoms with E-state index >= 15 is 0 Å². The van der Waals surface area contributed by atoms with Crippen molar-refractivity contribution in [1.82, 2.24) is 5.06 Å². The summed E-state index contributed by atoms with van der Waals surface area (Å²) in [5.41, 5.74) is 0. The Labute approximate surface area is 71.4 Å². The molecular weight excluding hydrogens is 158 g/mol. The molecule has 2 heterocycles. The molecule has 2 saturated heterocycles. The number of carbonyl (C=O) groups is 1. The molecule has 0 aromatic heterocycles. The number of hydroxylamine groups is 2. The van der Waals surface area contributed by atoms with E-state index in [2.05, 4.69) is 0 Å². The Morgan fingerprint density at radius 1 is 1.42 bits per heavy atom. The van der Waals surface area contributed by atoms with Crippen LogP contribution in [0.25, 0.3) is 0 Å². The molecule has 0 aromatic carbocycles. The molecule has 0 aromatic rings. The molecule has 1 unspecified atom stereocenters. The second-order valence-electron chi connectivity index (χ2n) is 3.19. The smallest absolute Gasteiger partial charge is 0.251 e. The van der Waals surface area contributed by atoms with E-state index in [4.69, 9.17) is 9.57 Å². The number of hydrogen-bond donors (Lipinski definition) is 0. The van der Waals surface area contributed by atoms with Gasteiger partial charge >= 0.3 is 0 Å². The number of ether oxygens (including phenoxy) is 1. The number of rotatable bonds is 1. The molecule has 0 bridgehead atoms. The highest BCUT2D eigenvalue weighted by molar-refractivity contribution is 5.78. The van der Waals surface area contributed by atoms with Crippen molar-refractivity contribution in [1.29, 1.82) is 0 Å². The second kappa shape index (κ2) is 3.41. The summed E-state index contributed by atoms with van der Waals surface area (Å²) in [4.78, 5) is 16.7. The average molecular weight is 171 g/mol. The van der Waals surface area contributed by atoms with Gasteiger partial charge in [0.05, 0.1) is 25.7 Å². The maximum absolute atomic E-state index is 11.6. The van der Waals surface area contributed by atoms with E-state index in [-0.39, 0.29) is 11.8 Å². The zero-order valence-corrected chi connectivity index (χ0v) is 6.99. The quantitative estimate of drug-likeness (QED) is 0.565. The van der Waals surface area contributed by atoms with Crippen molar-refractivity contribution in [3.8, 4) is 0 Å². The number of hydrogen-bond acceptors (Lipinski definition) is 3. The standard InChI is InChI=1S/C8H13NO3/c10-8(7-2-5-11-6-7)9-3-1-4-12-9/h7H,1-6H2. The van der Waals surface area contributed by atoms with Gasteiger partial charge in [0.1, 0.15) is 0 Å². The highest BCUT2D eigenvalue weighted by Gasteiger charge is 2.30. The van der Waals surface area contributed by atoms with E-state index in [1.165, 1.54) is 5.06 Å². The van der Waals surface area contributed by atoms with Crippen LogP contribution in [0.15, 0.2) is 0 Å². The fraction of sp³-hybridized carbons (Fsp3) is 0.875. The molecule has 4 nitrogen and oxygen atoms in total. The lowest BCUT2D eigenvalue weighted by atomic mass is 10.1. The summed E-state index contributed by atoms with van der Waals surface area (Å²) in [6.07, 6.45) is 1.80. The molecule has 68 valence electrons. The van der Waals surface area contributed by atoms with Gasteiger partial charge in [0.15, 0.2) is 0 Å². The van der Waals surface area contributed by atoms with Crippen LogP contribution in [-0.2, 0) is 14.4 Å². The minimum Gasteiger partial charge on any atom is -0.381 e. The van der Waals surface area contributed by atoms with Crippen LogP contribution in [0.4, 0.5) is 0 Å². The van der Waals surface area contributed by atoms with Crippen LogP contribution in [0.5, 0.6) is 0 Å². The first kappa shape index (κ1) is 8.01. The van der Waals surface area contributed by atoms with Gasteiger partial charge in [-0.25, -0.2) is 5.06 Å². The minimum absolute atomic E-state index is 0.0445. The van der Waals surface area contributed by atoms with Crippen molar-refractivity contribution in [3.05, 3.63) is 0 Å². The van der Waals surface area contributed by atoms with Gasteiger partial charge in [-0.15, -0.1) is 0 Å². The summed E-state index contributed by atoms with van der Waals surface area (Å²) in [6.45, 7) is 2.71. The molecular formula is C8H13NO3. The first-order valence-corrected chi connectivity index (χ1v) is 4.40. The summed E-state index contributed by atoms with van der Waals surface area (Å²) in [7, 11) is 0. The number of amides is 1. The van der Waals surface area contributed by atoms with Crippen molar-refractivity contribution in [2.45, 2.75) is 12.8 Å². The molecule has 2 aliphatic rings. The van der Waals surface area contributed by atoms with Crippen molar-refractivity contribution < 1.29 is 14.4 Å². The Bertz CT molecular complexity index is 153. The first-order valence-electron chi connectivity index (χ1n) is 4.40. The lowest BCUT2D eigenvalue weighted by Gasteiger charge is -2.16. The maximum Gasteiger partial charge on any atom is 0.251 e. The lowest BCUT2D eigenvalue weighted by molar-refractivity contribution is -0.173. The third kappa shape index (κ3) is 1.44. The Morgan fingerprint density at radius 3 is 2.92 bits per heavy atom. The molecule has 0 aliphatic carbocycles. The normalized spacial score (nSPS) is 29.7. The van der Waals surface area contributed by atoms with Gasteiger partial charge in [-0.2, -0.15) is 0 Å². The lowest BCUT2D eigenvalue weighted by Crippen LogP contribution is -2.33. The van der Waals surface area contributed by atoms with Crippen LogP contribution in [0.2, 0.25) is 0 Å². The van der Waals surface area contributed by atoms with E-state index < -0.39 is 0 Å². The fourth-order valence-corrected chi connectivity index (χ4v) is 1.55. The van der Waals surface area contributed by atoms with Crippen molar-refractivity contribution >= 4 is 5.91 Å². The van der Waals surface area contributed by atoms with Gasteiger partial charge in [-0.05, 0) is 12.8 Å². The van der Waals surface area contributed by atoms with Crippen molar-refractivity contribution in [2.24, 2.45) is 5.92 Å². The molecule has 12 heavy (non-hydrogen) atoms. The van der Waals surface area contributed by atoms with Gasteiger partial charge in [-0.1, -0.05) is 0 Å². The Hall–Kier alpha value is -0.610. The Balaban J connectivity index is 1.89. The zero-order valence-electron chi connectivity index (χ0n) is 6.99. The second-order valence-corrected chi connectivity index (χ2v) is 3.19. The van der Waals surface area contributed by atoms with Gasteiger partial charge < -0.3 is 4.74 Å². The van der Waals surface area contributed by atoms with Crippen LogP contribution in [0, 0.1) is 5.92 Å². The molecule has 1 atom stereocenters. The van der Waals surface area contributed by atoms with E-state index in [1.54, 1.807) is 0 Å². The summed E-state index contributed by atoms with van der Waals surface area (Å²) < 4.78 is 5.13. The Kier molecular flexibility index (Phi) is 2.28. The summed E-state index contributed by atoms with van der Waals surface area (Å²) in [6, 6.07) is 0. The van der Waals surface area contributed by atoms with Crippen LogP contribution in [0.3, 0.4) is 0 Å². The minimum atomic E-state index is 0.0445. The zero-order chi connectivity index (χ0) is 8.39. The highest BCUT2D eigenvalue weighted by atomic mass is 16.7. The predicted molar refractivity (Wildman–Crippen MR) is 41.2 cm³/mol. The fourth-order valence-electron chi connectivity index (χ4n) is 1.55. The van der Waals surface area contributed by atoms with Gasteiger partial charge in [0.2, 0.25) is 0 Å². The van der Waals surface area contributed by atoms with E-state index in [1.807, 2.05) is 0 Å². The van der Waals surface area contributed by atoms with Crippen LogP contribution >= 0.6 is 0 Å². The summed E-state index contributed by atoms with van der Waals surface area (Å²) in [5, 5.41) is 1.49. The molecule has 4 heteroatoms. The predicted octanol–water partition coefficient (Wildman–Crippen LogP) is 0.187. The topological polar surface area (TPSA) is 38.8 Å². The third-order valence-electron chi connectivity index (χ3n) is 2.28. The van der Waals surface area contributed by atoms with Gasteiger partial charge in [-0.3, -0.25) is 9.63 Å². The van der Waals surface area contributed by atoms with Gasteiger partial charge in [0, 0.05) is 6.61 Å². The molecule has 2 rings (SSSR count). The van der Waals surface area contributed by atoms with Crippen LogP contribution in [0.1, 0.15) is 12.8 Å². The largest absolute Gasteiger partial charge is 0.381 e. The molecule has 0 spiro atoms.